The van der Waals surface area contributed by atoms with Gasteiger partial charge in [-0.05, 0) is 32.6 Å². The molecular formula is C16H27N3O. The van der Waals surface area contributed by atoms with E-state index in [9.17, 15) is 0 Å². The molecule has 0 saturated carbocycles. The average molecular weight is 277 g/mol. The molecule has 4 heteroatoms. The van der Waals surface area contributed by atoms with Crippen LogP contribution in [0.1, 0.15) is 12.0 Å². The van der Waals surface area contributed by atoms with Gasteiger partial charge in [0.15, 0.2) is 0 Å². The zero-order valence-corrected chi connectivity index (χ0v) is 12.8. The van der Waals surface area contributed by atoms with Gasteiger partial charge < -0.3 is 19.9 Å². The molecule has 0 atom stereocenters. The van der Waals surface area contributed by atoms with E-state index in [2.05, 4.69) is 34.3 Å². The minimum atomic E-state index is 0.941. The van der Waals surface area contributed by atoms with Gasteiger partial charge in [-0.1, -0.05) is 18.2 Å². The molecule has 0 unspecified atom stereocenters. The smallest absolute Gasteiger partial charge is 0.123 e. The minimum Gasteiger partial charge on any atom is -0.496 e. The van der Waals surface area contributed by atoms with E-state index in [1.807, 2.05) is 12.1 Å². The zero-order valence-electron chi connectivity index (χ0n) is 12.8. The fourth-order valence-corrected chi connectivity index (χ4v) is 2.64. The quantitative estimate of drug-likeness (QED) is 0.851. The van der Waals surface area contributed by atoms with Crippen LogP contribution in [-0.4, -0.2) is 63.2 Å². The molecule has 1 aromatic rings. The van der Waals surface area contributed by atoms with Crippen LogP contribution >= 0.6 is 0 Å². The summed E-state index contributed by atoms with van der Waals surface area (Å²) in [7, 11) is 3.92. The molecule has 1 saturated heterocycles. The van der Waals surface area contributed by atoms with Crippen LogP contribution in [0, 0.1) is 0 Å². The van der Waals surface area contributed by atoms with Crippen LogP contribution in [0.4, 0.5) is 0 Å². The first-order valence-corrected chi connectivity index (χ1v) is 7.53. The van der Waals surface area contributed by atoms with Crippen molar-refractivity contribution in [1.82, 2.24) is 15.1 Å². The molecule has 1 N–H and O–H groups in total. The number of benzene rings is 1. The Bertz CT molecular complexity index is 389. The first-order chi connectivity index (χ1) is 9.79. The summed E-state index contributed by atoms with van der Waals surface area (Å²) < 4.78 is 5.41. The van der Waals surface area contributed by atoms with E-state index in [4.69, 9.17) is 4.74 Å². The molecule has 4 nitrogen and oxygen atoms in total. The topological polar surface area (TPSA) is 27.7 Å². The second kappa shape index (κ2) is 8.25. The lowest BCUT2D eigenvalue weighted by molar-refractivity contribution is 0.229. The van der Waals surface area contributed by atoms with E-state index in [0.717, 1.165) is 38.5 Å². The minimum absolute atomic E-state index is 0.941. The molecule has 0 radical (unpaired) electrons. The summed E-state index contributed by atoms with van der Waals surface area (Å²) >= 11 is 0. The highest BCUT2D eigenvalue weighted by molar-refractivity contribution is 5.32. The Morgan fingerprint density at radius 1 is 1.25 bits per heavy atom. The van der Waals surface area contributed by atoms with Gasteiger partial charge in [0.05, 0.1) is 7.11 Å². The third-order valence-electron chi connectivity index (χ3n) is 3.86. The van der Waals surface area contributed by atoms with Crippen molar-refractivity contribution in [2.45, 2.75) is 13.0 Å². The first-order valence-electron chi connectivity index (χ1n) is 7.53. The molecule has 0 aliphatic carbocycles. The Kier molecular flexibility index (Phi) is 6.30. The lowest BCUT2D eigenvalue weighted by atomic mass is 10.2. The van der Waals surface area contributed by atoms with Crippen LogP contribution in [0.25, 0.3) is 0 Å². The highest BCUT2D eigenvalue weighted by atomic mass is 16.5. The van der Waals surface area contributed by atoms with Gasteiger partial charge in [0.2, 0.25) is 0 Å². The van der Waals surface area contributed by atoms with Crippen molar-refractivity contribution in [2.24, 2.45) is 0 Å². The van der Waals surface area contributed by atoms with Crippen LogP contribution in [0.2, 0.25) is 0 Å². The van der Waals surface area contributed by atoms with E-state index in [-0.39, 0.29) is 0 Å². The Morgan fingerprint density at radius 3 is 2.95 bits per heavy atom. The monoisotopic (exact) mass is 277 g/mol. The summed E-state index contributed by atoms with van der Waals surface area (Å²) in [6, 6.07) is 8.27. The largest absolute Gasteiger partial charge is 0.496 e. The Hall–Kier alpha value is -1.10. The third kappa shape index (κ3) is 4.78. The second-order valence-electron chi connectivity index (χ2n) is 5.49. The maximum Gasteiger partial charge on any atom is 0.123 e. The van der Waals surface area contributed by atoms with Crippen molar-refractivity contribution < 1.29 is 4.74 Å². The first kappa shape index (κ1) is 15.3. The molecule has 2 rings (SSSR count). The molecule has 0 spiro atoms. The Labute approximate surface area is 122 Å². The number of methoxy groups -OCH3 is 1. The number of rotatable bonds is 6. The molecule has 1 aliphatic rings. The molecule has 0 aromatic heterocycles. The molecule has 1 aliphatic heterocycles. The molecule has 1 heterocycles. The normalized spacial score (nSPS) is 17.1. The number of nitrogens with zero attached hydrogens (tertiary/aromatic N) is 2. The highest BCUT2D eigenvalue weighted by Crippen LogP contribution is 2.18. The summed E-state index contributed by atoms with van der Waals surface area (Å²) in [5.74, 6) is 0.985. The number of para-hydroxylation sites is 1. The van der Waals surface area contributed by atoms with Gasteiger partial charge >= 0.3 is 0 Å². The van der Waals surface area contributed by atoms with Crippen molar-refractivity contribution in [3.05, 3.63) is 29.8 Å². The third-order valence-corrected chi connectivity index (χ3v) is 3.86. The lowest BCUT2D eigenvalue weighted by Crippen LogP contribution is -2.35. The molecule has 20 heavy (non-hydrogen) atoms. The predicted octanol–water partition coefficient (Wildman–Crippen LogP) is 1.42. The van der Waals surface area contributed by atoms with Crippen LogP contribution in [0.5, 0.6) is 5.75 Å². The van der Waals surface area contributed by atoms with E-state index in [1.165, 1.54) is 25.1 Å². The lowest BCUT2D eigenvalue weighted by Gasteiger charge is -2.24. The van der Waals surface area contributed by atoms with Crippen LogP contribution in [0.3, 0.4) is 0 Å². The van der Waals surface area contributed by atoms with Crippen molar-refractivity contribution in [3.63, 3.8) is 0 Å². The van der Waals surface area contributed by atoms with E-state index in [1.54, 1.807) is 7.11 Å². The van der Waals surface area contributed by atoms with Crippen molar-refractivity contribution in [1.29, 1.82) is 0 Å². The van der Waals surface area contributed by atoms with Crippen LogP contribution < -0.4 is 10.1 Å². The molecule has 1 aromatic carbocycles. The standard InChI is InChI=1S/C16H27N3O/c1-18(12-13-19-10-5-8-17-9-11-19)14-15-6-3-4-7-16(15)20-2/h3-4,6-7,17H,5,8-14H2,1-2H3. The van der Waals surface area contributed by atoms with Crippen molar-refractivity contribution >= 4 is 0 Å². The van der Waals surface area contributed by atoms with Crippen LogP contribution in [-0.2, 0) is 6.54 Å². The van der Waals surface area contributed by atoms with E-state index < -0.39 is 0 Å². The van der Waals surface area contributed by atoms with Crippen LogP contribution in [0.15, 0.2) is 24.3 Å². The van der Waals surface area contributed by atoms with E-state index in [0.29, 0.717) is 0 Å². The maximum absolute atomic E-state index is 5.41. The zero-order chi connectivity index (χ0) is 14.2. The number of hydrogen-bond acceptors (Lipinski definition) is 4. The van der Waals surface area contributed by atoms with Gasteiger partial charge in [-0.15, -0.1) is 0 Å². The summed E-state index contributed by atoms with van der Waals surface area (Å²) in [5.41, 5.74) is 1.26. The van der Waals surface area contributed by atoms with E-state index >= 15 is 0 Å². The second-order valence-corrected chi connectivity index (χ2v) is 5.49. The predicted molar refractivity (Wildman–Crippen MR) is 83.3 cm³/mol. The van der Waals surface area contributed by atoms with Gasteiger partial charge in [-0.2, -0.15) is 0 Å². The maximum atomic E-state index is 5.41. The van der Waals surface area contributed by atoms with Crippen molar-refractivity contribution in [2.75, 3.05) is 53.4 Å². The number of ether oxygens (including phenoxy) is 1. The number of nitrogens with one attached hydrogen (secondary N) is 1. The summed E-state index contributed by atoms with van der Waals surface area (Å²) in [4.78, 5) is 4.93. The number of likely N-dealkylation sites (N-methyl/N-ethyl adjacent to an activating group) is 1. The summed E-state index contributed by atoms with van der Waals surface area (Å²) in [5, 5.41) is 3.45. The van der Waals surface area contributed by atoms with Gasteiger partial charge in [-0.3, -0.25) is 0 Å². The Balaban J connectivity index is 1.78. The molecular weight excluding hydrogens is 250 g/mol. The SMILES string of the molecule is COc1ccccc1CN(C)CCN1CCCNCC1. The molecule has 1 fully saturated rings. The Morgan fingerprint density at radius 2 is 2.10 bits per heavy atom. The highest BCUT2D eigenvalue weighted by Gasteiger charge is 2.10. The van der Waals surface area contributed by atoms with Gasteiger partial charge in [-0.25, -0.2) is 0 Å². The number of hydrogen-bond donors (Lipinski definition) is 1. The molecule has 0 bridgehead atoms. The fourth-order valence-electron chi connectivity index (χ4n) is 2.64. The summed E-state index contributed by atoms with van der Waals surface area (Å²) in [6.45, 7) is 7.85. The summed E-state index contributed by atoms with van der Waals surface area (Å²) in [6.07, 6.45) is 1.26. The fraction of sp³-hybridized carbons (Fsp3) is 0.625. The van der Waals surface area contributed by atoms with Gasteiger partial charge in [0, 0.05) is 38.3 Å². The van der Waals surface area contributed by atoms with Crippen molar-refractivity contribution in [3.8, 4) is 5.75 Å². The van der Waals surface area contributed by atoms with Gasteiger partial charge in [0.1, 0.15) is 5.75 Å². The molecule has 0 amide bonds. The molecule has 112 valence electrons. The van der Waals surface area contributed by atoms with Gasteiger partial charge in [0.25, 0.3) is 0 Å². The average Bonchev–Trinajstić information content (AvgIpc) is 2.74.